The molecule has 0 spiro atoms. The Morgan fingerprint density at radius 3 is 2.44 bits per heavy atom. The van der Waals surface area contributed by atoms with Crippen LogP contribution in [0.25, 0.3) is 39.4 Å². The Bertz CT molecular complexity index is 1680. The van der Waals surface area contributed by atoms with Crippen molar-refractivity contribution >= 4 is 22.6 Å². The first-order valence-electron chi connectivity index (χ1n) is 14.5. The topological polar surface area (TPSA) is 4.93 Å². The lowest BCUT2D eigenvalue weighted by atomic mass is 9.90. The molecule has 1 aromatic heterocycles. The molecule has 4 aromatic rings. The van der Waals surface area contributed by atoms with Crippen molar-refractivity contribution in [2.24, 2.45) is 5.92 Å². The number of fused-ring (bicyclic) bond motifs is 3. The second-order valence-electron chi connectivity index (χ2n) is 11.3. The quantitative estimate of drug-likeness (QED) is 0.260. The normalized spacial score (nSPS) is 20.2. The van der Waals surface area contributed by atoms with Gasteiger partial charge in [-0.05, 0) is 102 Å². The fraction of sp³-hybridized carbons (Fsp3) is 0.211. The highest BCUT2D eigenvalue weighted by molar-refractivity contribution is 5.91. The molecule has 192 valence electrons. The molecule has 0 amide bonds. The summed E-state index contributed by atoms with van der Waals surface area (Å²) in [7, 11) is 0. The van der Waals surface area contributed by atoms with Crippen molar-refractivity contribution in [2.45, 2.75) is 44.9 Å². The second-order valence-corrected chi connectivity index (χ2v) is 11.3. The van der Waals surface area contributed by atoms with Crippen LogP contribution in [0.1, 0.15) is 60.9 Å². The van der Waals surface area contributed by atoms with Gasteiger partial charge in [-0.1, -0.05) is 98.0 Å². The molecule has 3 aromatic carbocycles. The summed E-state index contributed by atoms with van der Waals surface area (Å²) < 4.78 is 2.51. The zero-order chi connectivity index (χ0) is 26.2. The summed E-state index contributed by atoms with van der Waals surface area (Å²) in [6, 6.07) is 25.4. The molecule has 0 bridgehead atoms. The van der Waals surface area contributed by atoms with Crippen LogP contribution in [0.4, 0.5) is 0 Å². The number of hydrogen-bond donors (Lipinski definition) is 0. The minimum atomic E-state index is 0.472. The van der Waals surface area contributed by atoms with Crippen molar-refractivity contribution in [3.63, 3.8) is 0 Å². The van der Waals surface area contributed by atoms with Gasteiger partial charge in [0.2, 0.25) is 0 Å². The monoisotopic (exact) mass is 505 g/mol. The minimum Gasteiger partial charge on any atom is -0.310 e. The average Bonchev–Trinajstić information content (AvgIpc) is 3.17. The van der Waals surface area contributed by atoms with E-state index >= 15 is 0 Å². The van der Waals surface area contributed by atoms with Crippen LogP contribution < -0.4 is 0 Å². The second kappa shape index (κ2) is 10.2. The molecule has 2 unspecified atom stereocenters. The first-order valence-corrected chi connectivity index (χ1v) is 14.5. The third-order valence-corrected chi connectivity index (χ3v) is 8.54. The van der Waals surface area contributed by atoms with Crippen molar-refractivity contribution in [3.8, 4) is 16.8 Å². The molecular weight excluding hydrogens is 470 g/mol. The molecule has 2 atom stereocenters. The molecule has 0 saturated carbocycles. The van der Waals surface area contributed by atoms with Crippen LogP contribution in [0.15, 0.2) is 115 Å². The smallest absolute Gasteiger partial charge is 0.0537 e. The van der Waals surface area contributed by atoms with E-state index in [2.05, 4.69) is 133 Å². The Balaban J connectivity index is 1.40. The maximum absolute atomic E-state index is 2.51. The maximum Gasteiger partial charge on any atom is 0.0537 e. The van der Waals surface area contributed by atoms with Gasteiger partial charge in [-0.25, -0.2) is 0 Å². The third kappa shape index (κ3) is 4.57. The highest BCUT2D eigenvalue weighted by Crippen LogP contribution is 2.38. The Kier molecular flexibility index (Phi) is 6.29. The van der Waals surface area contributed by atoms with Crippen molar-refractivity contribution < 1.29 is 0 Å². The van der Waals surface area contributed by atoms with Gasteiger partial charge in [-0.3, -0.25) is 0 Å². The number of benzene rings is 3. The van der Waals surface area contributed by atoms with Crippen LogP contribution in [0.5, 0.6) is 0 Å². The Hall–Kier alpha value is -4.10. The Morgan fingerprint density at radius 2 is 1.62 bits per heavy atom. The SMILES string of the molecule is CC1CC=Cc2c(c3ccccc3n2-c2cc(C3=CCCC=C3)cc(-c3ccc(C4C=CC=CC4)cc3)c2)C1. The van der Waals surface area contributed by atoms with Gasteiger partial charge in [-0.2, -0.15) is 0 Å². The number of hydrogen-bond acceptors (Lipinski definition) is 0. The van der Waals surface area contributed by atoms with E-state index in [1.807, 2.05) is 0 Å². The summed E-state index contributed by atoms with van der Waals surface area (Å²) in [5.41, 5.74) is 11.9. The molecule has 3 aliphatic carbocycles. The van der Waals surface area contributed by atoms with E-state index in [1.54, 1.807) is 0 Å². The molecule has 0 aliphatic heterocycles. The third-order valence-electron chi connectivity index (χ3n) is 8.54. The summed E-state index contributed by atoms with van der Waals surface area (Å²) in [5, 5.41) is 1.38. The van der Waals surface area contributed by atoms with Crippen LogP contribution in [0.2, 0.25) is 0 Å². The van der Waals surface area contributed by atoms with E-state index in [9.17, 15) is 0 Å². The van der Waals surface area contributed by atoms with E-state index in [1.165, 1.54) is 55.7 Å². The molecule has 1 heteroatoms. The Morgan fingerprint density at radius 1 is 0.744 bits per heavy atom. The minimum absolute atomic E-state index is 0.472. The number of allylic oxidation sites excluding steroid dienone is 9. The van der Waals surface area contributed by atoms with E-state index < -0.39 is 0 Å². The molecule has 1 heterocycles. The lowest BCUT2D eigenvalue weighted by Gasteiger charge is -2.17. The molecule has 0 fully saturated rings. The number of para-hydroxylation sites is 1. The van der Waals surface area contributed by atoms with Gasteiger partial charge in [0.05, 0.1) is 5.52 Å². The predicted octanol–water partition coefficient (Wildman–Crippen LogP) is 10.2. The van der Waals surface area contributed by atoms with Gasteiger partial charge >= 0.3 is 0 Å². The molecule has 39 heavy (non-hydrogen) atoms. The molecule has 1 nitrogen and oxygen atoms in total. The molecule has 0 radical (unpaired) electrons. The van der Waals surface area contributed by atoms with Crippen LogP contribution >= 0.6 is 0 Å². The standard InChI is InChI=1S/C38H35N/c1-27-11-10-18-38-36(23-27)35-16-8-9-17-37(35)39(38)34-25-32(29-14-6-3-7-15-29)24-33(26-34)31-21-19-30(20-22-31)28-12-4-2-5-13-28/h2,4-6,8-10,12,14-22,24-28H,3,7,11,13,23H2,1H3. The molecule has 3 aliphatic rings. The van der Waals surface area contributed by atoms with Crippen LogP contribution in [0, 0.1) is 5.92 Å². The van der Waals surface area contributed by atoms with E-state index in [-0.39, 0.29) is 0 Å². The van der Waals surface area contributed by atoms with E-state index in [0.717, 1.165) is 32.1 Å². The summed E-state index contributed by atoms with van der Waals surface area (Å²) >= 11 is 0. The summed E-state index contributed by atoms with van der Waals surface area (Å²) in [4.78, 5) is 0. The van der Waals surface area contributed by atoms with Crippen LogP contribution in [-0.2, 0) is 6.42 Å². The van der Waals surface area contributed by atoms with Crippen molar-refractivity contribution in [3.05, 3.63) is 138 Å². The fourth-order valence-electron chi connectivity index (χ4n) is 6.49. The summed E-state index contributed by atoms with van der Waals surface area (Å²) in [5.74, 6) is 1.12. The number of rotatable bonds is 4. The van der Waals surface area contributed by atoms with Gasteiger partial charge < -0.3 is 4.57 Å². The van der Waals surface area contributed by atoms with Crippen molar-refractivity contribution in [1.29, 1.82) is 0 Å². The highest BCUT2D eigenvalue weighted by atomic mass is 15.0. The van der Waals surface area contributed by atoms with Gasteiger partial charge in [0.1, 0.15) is 0 Å². The number of nitrogens with zero attached hydrogens (tertiary/aromatic N) is 1. The summed E-state index contributed by atoms with van der Waals surface area (Å²) in [6.07, 6.45) is 26.2. The van der Waals surface area contributed by atoms with Gasteiger partial charge in [-0.15, -0.1) is 0 Å². The predicted molar refractivity (Wildman–Crippen MR) is 167 cm³/mol. The highest BCUT2D eigenvalue weighted by Gasteiger charge is 2.21. The number of aromatic nitrogens is 1. The van der Waals surface area contributed by atoms with Crippen molar-refractivity contribution in [1.82, 2.24) is 4.57 Å². The van der Waals surface area contributed by atoms with E-state index in [0.29, 0.717) is 11.8 Å². The van der Waals surface area contributed by atoms with E-state index in [4.69, 9.17) is 0 Å². The summed E-state index contributed by atoms with van der Waals surface area (Å²) in [6.45, 7) is 2.37. The first-order chi connectivity index (χ1) is 19.2. The lowest BCUT2D eigenvalue weighted by Crippen LogP contribution is -2.01. The molecule has 0 N–H and O–H groups in total. The maximum atomic E-state index is 2.51. The largest absolute Gasteiger partial charge is 0.310 e. The molecule has 0 saturated heterocycles. The van der Waals surface area contributed by atoms with Crippen LogP contribution in [-0.4, -0.2) is 4.57 Å². The lowest BCUT2D eigenvalue weighted by molar-refractivity contribution is 0.596. The van der Waals surface area contributed by atoms with Gasteiger partial charge in [0.25, 0.3) is 0 Å². The Labute approximate surface area is 232 Å². The zero-order valence-electron chi connectivity index (χ0n) is 22.7. The van der Waals surface area contributed by atoms with Gasteiger partial charge in [0, 0.05) is 22.7 Å². The fourth-order valence-corrected chi connectivity index (χ4v) is 6.49. The van der Waals surface area contributed by atoms with Crippen molar-refractivity contribution in [2.75, 3.05) is 0 Å². The molecular formula is C38H35N. The zero-order valence-corrected chi connectivity index (χ0v) is 22.7. The van der Waals surface area contributed by atoms with Gasteiger partial charge in [0.15, 0.2) is 0 Å². The van der Waals surface area contributed by atoms with Crippen LogP contribution in [0.3, 0.4) is 0 Å². The average molecular weight is 506 g/mol. The first kappa shape index (κ1) is 24.0. The molecule has 7 rings (SSSR count).